The Morgan fingerprint density at radius 2 is 2.00 bits per heavy atom. The van der Waals surface area contributed by atoms with Crippen molar-refractivity contribution in [3.05, 3.63) is 0 Å². The molecule has 0 fully saturated rings. The molecule has 84 valence electrons. The Hall–Kier alpha value is -0.660. The molecular weight excluding hydrogens is 208 g/mol. The summed E-state index contributed by atoms with van der Waals surface area (Å²) in [6, 6.07) is -1.01. The smallest absolute Gasteiger partial charge is 0.325 e. The van der Waals surface area contributed by atoms with Crippen molar-refractivity contribution in [1.82, 2.24) is 4.72 Å². The van der Waals surface area contributed by atoms with E-state index < -0.39 is 27.3 Å². The molecule has 0 rings (SSSR count). The topological polar surface area (TPSA) is 98.5 Å². The van der Waals surface area contributed by atoms with Gasteiger partial charge in [-0.05, 0) is 13.8 Å². The number of hydrogen-bond donors (Lipinski definition) is 2. The third-order valence-corrected chi connectivity index (χ3v) is 3.50. The van der Waals surface area contributed by atoms with Crippen molar-refractivity contribution < 1.29 is 17.9 Å². The van der Waals surface area contributed by atoms with Crippen molar-refractivity contribution in [3.63, 3.8) is 0 Å². The predicted octanol–water partition coefficient (Wildman–Crippen LogP) is -1.19. The zero-order valence-electron chi connectivity index (χ0n) is 8.48. The van der Waals surface area contributed by atoms with Gasteiger partial charge in [0, 0.05) is 6.54 Å². The second-order valence-corrected chi connectivity index (χ2v) is 5.29. The van der Waals surface area contributed by atoms with Gasteiger partial charge in [-0.3, -0.25) is 4.79 Å². The van der Waals surface area contributed by atoms with Gasteiger partial charge in [0.15, 0.2) is 0 Å². The van der Waals surface area contributed by atoms with Gasteiger partial charge >= 0.3 is 5.97 Å². The lowest BCUT2D eigenvalue weighted by molar-refractivity contribution is -0.142. The summed E-state index contributed by atoms with van der Waals surface area (Å²) in [5.74, 6) is -0.684. The zero-order valence-corrected chi connectivity index (χ0v) is 9.30. The summed E-state index contributed by atoms with van der Waals surface area (Å²) in [6.45, 7) is 2.89. The van der Waals surface area contributed by atoms with Crippen molar-refractivity contribution in [1.29, 1.82) is 0 Å². The standard InChI is InChI=1S/C7H16N2O4S/c1-5(2)14(11,12)9-6(4-8)7(10)13-3/h5-6,9H,4,8H2,1-3H3/t6-/m0/s1. The molecule has 0 saturated heterocycles. The number of hydrogen-bond acceptors (Lipinski definition) is 5. The van der Waals surface area contributed by atoms with Crippen LogP contribution in [0.2, 0.25) is 0 Å². The second kappa shape index (κ2) is 5.28. The van der Waals surface area contributed by atoms with E-state index in [1.54, 1.807) is 0 Å². The highest BCUT2D eigenvalue weighted by Crippen LogP contribution is 1.98. The Labute approximate surface area is 83.9 Å². The first-order valence-electron chi connectivity index (χ1n) is 4.14. The van der Waals surface area contributed by atoms with Crippen LogP contribution in [0, 0.1) is 0 Å². The first kappa shape index (κ1) is 13.3. The average molecular weight is 224 g/mol. The number of esters is 1. The lowest BCUT2D eigenvalue weighted by Crippen LogP contribution is -2.48. The molecule has 1 atom stereocenters. The van der Waals surface area contributed by atoms with Crippen molar-refractivity contribution in [2.24, 2.45) is 5.73 Å². The first-order chi connectivity index (χ1) is 6.35. The molecule has 0 heterocycles. The molecule has 0 aromatic rings. The minimum Gasteiger partial charge on any atom is -0.468 e. The molecule has 0 aliphatic carbocycles. The maximum Gasteiger partial charge on any atom is 0.325 e. The molecule has 0 unspecified atom stereocenters. The molecule has 3 N–H and O–H groups in total. The van der Waals surface area contributed by atoms with E-state index in [0.29, 0.717) is 0 Å². The number of nitrogens with one attached hydrogen (secondary N) is 1. The summed E-state index contributed by atoms with van der Waals surface area (Å²) in [7, 11) is -2.32. The van der Waals surface area contributed by atoms with Gasteiger partial charge < -0.3 is 10.5 Å². The van der Waals surface area contributed by atoms with Gasteiger partial charge in [-0.1, -0.05) is 0 Å². The van der Waals surface area contributed by atoms with Gasteiger partial charge in [0.25, 0.3) is 0 Å². The van der Waals surface area contributed by atoms with Gasteiger partial charge in [-0.15, -0.1) is 0 Å². The molecule has 0 aliphatic heterocycles. The number of methoxy groups -OCH3 is 1. The van der Waals surface area contributed by atoms with E-state index in [2.05, 4.69) is 9.46 Å². The van der Waals surface area contributed by atoms with Gasteiger partial charge in [-0.2, -0.15) is 4.72 Å². The van der Waals surface area contributed by atoms with E-state index in [4.69, 9.17) is 5.73 Å². The largest absolute Gasteiger partial charge is 0.468 e. The maximum absolute atomic E-state index is 11.3. The fraction of sp³-hybridized carbons (Fsp3) is 0.857. The van der Waals surface area contributed by atoms with Crippen molar-refractivity contribution in [2.75, 3.05) is 13.7 Å². The van der Waals surface area contributed by atoms with Crippen LogP contribution in [-0.4, -0.2) is 39.3 Å². The van der Waals surface area contributed by atoms with Crippen molar-refractivity contribution >= 4 is 16.0 Å². The molecule has 0 bridgehead atoms. The molecule has 14 heavy (non-hydrogen) atoms. The second-order valence-electron chi connectivity index (χ2n) is 3.02. The quantitative estimate of drug-likeness (QED) is 0.572. The van der Waals surface area contributed by atoms with Crippen LogP contribution >= 0.6 is 0 Å². The summed E-state index contributed by atoms with van der Waals surface area (Å²) < 4.78 is 29.2. The van der Waals surface area contributed by atoms with Crippen LogP contribution in [0.5, 0.6) is 0 Å². The van der Waals surface area contributed by atoms with E-state index >= 15 is 0 Å². The van der Waals surface area contributed by atoms with Crippen molar-refractivity contribution in [2.45, 2.75) is 25.1 Å². The number of carbonyl (C=O) groups excluding carboxylic acids is 1. The van der Waals surface area contributed by atoms with E-state index in [1.165, 1.54) is 21.0 Å². The van der Waals surface area contributed by atoms with Gasteiger partial charge in [0.1, 0.15) is 6.04 Å². The van der Waals surface area contributed by atoms with E-state index in [9.17, 15) is 13.2 Å². The van der Waals surface area contributed by atoms with Gasteiger partial charge in [0.05, 0.1) is 12.4 Å². The van der Waals surface area contributed by atoms with Crippen LogP contribution in [0.1, 0.15) is 13.8 Å². The molecule has 0 aromatic heterocycles. The third kappa shape index (κ3) is 3.60. The molecule has 7 heteroatoms. The van der Waals surface area contributed by atoms with E-state index in [-0.39, 0.29) is 6.54 Å². The lowest BCUT2D eigenvalue weighted by atomic mass is 10.3. The SMILES string of the molecule is COC(=O)[C@H](CN)NS(=O)(=O)C(C)C. The Morgan fingerprint density at radius 1 is 1.50 bits per heavy atom. The minimum atomic E-state index is -3.50. The molecule has 0 aliphatic rings. The van der Waals surface area contributed by atoms with E-state index in [0.717, 1.165) is 0 Å². The number of ether oxygens (including phenoxy) is 1. The number of sulfonamides is 1. The van der Waals surface area contributed by atoms with Crippen LogP contribution < -0.4 is 10.5 Å². The van der Waals surface area contributed by atoms with Gasteiger partial charge in [-0.25, -0.2) is 8.42 Å². The molecule has 0 radical (unpaired) electrons. The summed E-state index contributed by atoms with van der Waals surface area (Å²) in [5, 5.41) is -0.610. The Kier molecular flexibility index (Phi) is 5.03. The van der Waals surface area contributed by atoms with E-state index in [1.807, 2.05) is 0 Å². The molecular formula is C7H16N2O4S. The van der Waals surface area contributed by atoms with Crippen LogP contribution in [0.15, 0.2) is 0 Å². The molecule has 0 saturated carbocycles. The highest BCUT2D eigenvalue weighted by atomic mass is 32.2. The normalized spacial score (nSPS) is 14.1. The summed E-state index contributed by atoms with van der Waals surface area (Å²) >= 11 is 0. The monoisotopic (exact) mass is 224 g/mol. The highest BCUT2D eigenvalue weighted by Gasteiger charge is 2.25. The fourth-order valence-electron chi connectivity index (χ4n) is 0.669. The van der Waals surface area contributed by atoms with Gasteiger partial charge in [0.2, 0.25) is 10.0 Å². The molecule has 0 aromatic carbocycles. The zero-order chi connectivity index (χ0) is 11.4. The summed E-state index contributed by atoms with van der Waals surface area (Å²) in [6.07, 6.45) is 0. The van der Waals surface area contributed by atoms with Crippen LogP contribution in [0.25, 0.3) is 0 Å². The first-order valence-corrected chi connectivity index (χ1v) is 5.68. The third-order valence-electron chi connectivity index (χ3n) is 1.65. The molecule has 0 spiro atoms. The lowest BCUT2D eigenvalue weighted by Gasteiger charge is -2.16. The number of rotatable bonds is 5. The van der Waals surface area contributed by atoms with Crippen molar-refractivity contribution in [3.8, 4) is 0 Å². The molecule has 0 amide bonds. The molecule has 6 nitrogen and oxygen atoms in total. The number of carbonyl (C=O) groups is 1. The number of nitrogens with two attached hydrogens (primary N) is 1. The average Bonchev–Trinajstić information content (AvgIpc) is 2.12. The predicted molar refractivity (Wildman–Crippen MR) is 52.0 cm³/mol. The maximum atomic E-state index is 11.3. The Bertz CT molecular complexity index is 286. The Morgan fingerprint density at radius 3 is 2.29 bits per heavy atom. The summed E-state index contributed by atoms with van der Waals surface area (Å²) in [5.41, 5.74) is 5.23. The fourth-order valence-corrected chi connectivity index (χ4v) is 1.53. The van der Waals surface area contributed by atoms with Crippen LogP contribution in [-0.2, 0) is 19.6 Å². The summed E-state index contributed by atoms with van der Waals surface area (Å²) in [4.78, 5) is 11.0. The Balaban J connectivity index is 4.56. The van der Waals surface area contributed by atoms with Crippen LogP contribution in [0.3, 0.4) is 0 Å². The minimum absolute atomic E-state index is 0.126. The highest BCUT2D eigenvalue weighted by molar-refractivity contribution is 7.90. The van der Waals surface area contributed by atoms with Crippen LogP contribution in [0.4, 0.5) is 0 Å².